The summed E-state index contributed by atoms with van der Waals surface area (Å²) in [6, 6.07) is 12.8. The molecule has 0 aliphatic heterocycles. The average molecular weight is 554 g/mol. The Morgan fingerprint density at radius 1 is 0.463 bits per heavy atom. The van der Waals surface area contributed by atoms with E-state index < -0.39 is 39.6 Å². The molecule has 0 bridgehead atoms. The van der Waals surface area contributed by atoms with Crippen molar-refractivity contribution >= 4 is 21.9 Å². The second-order valence-electron chi connectivity index (χ2n) is 9.25. The van der Waals surface area contributed by atoms with E-state index in [9.17, 15) is 45.3 Å². The quantitative estimate of drug-likeness (QED) is 0.148. The summed E-state index contributed by atoms with van der Waals surface area (Å²) in [6.45, 7) is 0. The second-order valence-corrected chi connectivity index (χ2v) is 9.25. The van der Waals surface area contributed by atoms with Gasteiger partial charge in [0.2, 0.25) is 0 Å². The van der Waals surface area contributed by atoms with Crippen LogP contribution < -0.4 is 10.9 Å². The molecule has 6 aromatic rings. The summed E-state index contributed by atoms with van der Waals surface area (Å²) in [6.07, 6.45) is 0. The lowest BCUT2D eigenvalue weighted by Crippen LogP contribution is -2.02. The fourth-order valence-corrected chi connectivity index (χ4v) is 4.69. The van der Waals surface area contributed by atoms with Crippen molar-refractivity contribution in [2.45, 2.75) is 0 Å². The Morgan fingerprint density at radius 3 is 1.83 bits per heavy atom. The van der Waals surface area contributed by atoms with E-state index in [0.717, 1.165) is 36.4 Å². The lowest BCUT2D eigenvalue weighted by molar-refractivity contribution is 0.404. The van der Waals surface area contributed by atoms with Crippen LogP contribution in [0, 0.1) is 0 Å². The number of fused-ring (bicyclic) bond motifs is 2. The molecule has 204 valence electrons. The van der Waals surface area contributed by atoms with Gasteiger partial charge in [0, 0.05) is 41.5 Å². The summed E-state index contributed by atoms with van der Waals surface area (Å²) in [5, 5.41) is 70.9. The largest absolute Gasteiger partial charge is 0.508 e. The van der Waals surface area contributed by atoms with Gasteiger partial charge in [-0.15, -0.1) is 0 Å². The molecule has 2 aromatic heterocycles. The van der Waals surface area contributed by atoms with Crippen molar-refractivity contribution in [2.24, 2.45) is 0 Å². The number of phenolic OH excluding ortho intramolecular Hbond substituents is 7. The Morgan fingerprint density at radius 2 is 1.10 bits per heavy atom. The maximum absolute atomic E-state index is 13.1. The van der Waals surface area contributed by atoms with Gasteiger partial charge in [0.25, 0.3) is 0 Å². The highest BCUT2D eigenvalue weighted by molar-refractivity contribution is 6.00. The third kappa shape index (κ3) is 4.17. The predicted molar refractivity (Wildman–Crippen MR) is 146 cm³/mol. The Hall–Kier alpha value is -6.10. The monoisotopic (exact) mass is 554 g/mol. The molecule has 0 atom stereocenters. The van der Waals surface area contributed by atoms with E-state index in [1.807, 2.05) is 0 Å². The highest BCUT2D eigenvalue weighted by Crippen LogP contribution is 2.44. The Kier molecular flexibility index (Phi) is 5.52. The molecule has 0 saturated heterocycles. The van der Waals surface area contributed by atoms with Crippen molar-refractivity contribution in [1.29, 1.82) is 0 Å². The molecule has 0 unspecified atom stereocenters. The average Bonchev–Trinajstić information content (AvgIpc) is 2.88. The lowest BCUT2D eigenvalue weighted by Gasteiger charge is -2.13. The van der Waals surface area contributed by atoms with Crippen molar-refractivity contribution in [3.8, 4) is 74.0 Å². The van der Waals surface area contributed by atoms with Gasteiger partial charge in [-0.3, -0.25) is 9.59 Å². The predicted octanol–water partition coefficient (Wildman–Crippen LogP) is 4.84. The van der Waals surface area contributed by atoms with E-state index in [-0.39, 0.29) is 67.2 Å². The molecule has 41 heavy (non-hydrogen) atoms. The van der Waals surface area contributed by atoms with Crippen molar-refractivity contribution < 1.29 is 44.6 Å². The van der Waals surface area contributed by atoms with E-state index in [0.29, 0.717) is 0 Å². The van der Waals surface area contributed by atoms with Gasteiger partial charge in [0.1, 0.15) is 56.6 Å². The SMILES string of the molecule is O=c1cc(-c2cc(O)cc(-c3c(O)cc(O)c4c(=O)cc(-c5ccc(O)c(O)c5)oc34)c2)oc2cc(O)cc(O)c12. The second kappa shape index (κ2) is 8.99. The van der Waals surface area contributed by atoms with Crippen LogP contribution in [0.4, 0.5) is 0 Å². The van der Waals surface area contributed by atoms with Crippen LogP contribution in [0.5, 0.6) is 40.2 Å². The molecule has 0 aliphatic carbocycles. The van der Waals surface area contributed by atoms with E-state index in [2.05, 4.69) is 0 Å². The zero-order chi connectivity index (χ0) is 29.2. The van der Waals surface area contributed by atoms with Gasteiger partial charge in [-0.05, 0) is 42.0 Å². The number of rotatable bonds is 3. The Labute approximate surface area is 227 Å². The molecule has 0 saturated carbocycles. The summed E-state index contributed by atoms with van der Waals surface area (Å²) in [5.41, 5.74) is -1.36. The zero-order valence-electron chi connectivity index (χ0n) is 20.6. The summed E-state index contributed by atoms with van der Waals surface area (Å²) < 4.78 is 11.7. The molecule has 11 heteroatoms. The van der Waals surface area contributed by atoms with Gasteiger partial charge in [-0.25, -0.2) is 0 Å². The van der Waals surface area contributed by atoms with Crippen LogP contribution in [-0.2, 0) is 0 Å². The number of phenols is 7. The minimum Gasteiger partial charge on any atom is -0.508 e. The van der Waals surface area contributed by atoms with Gasteiger partial charge in [-0.2, -0.15) is 0 Å². The van der Waals surface area contributed by atoms with Gasteiger partial charge in [0.05, 0.1) is 5.56 Å². The number of benzene rings is 4. The number of aromatic hydroxyl groups is 7. The first kappa shape index (κ1) is 25.2. The fraction of sp³-hybridized carbons (Fsp3) is 0. The number of hydrogen-bond donors (Lipinski definition) is 7. The summed E-state index contributed by atoms with van der Waals surface area (Å²) in [7, 11) is 0. The molecule has 0 radical (unpaired) electrons. The van der Waals surface area contributed by atoms with Gasteiger partial charge < -0.3 is 44.6 Å². The maximum Gasteiger partial charge on any atom is 0.197 e. The van der Waals surface area contributed by atoms with Crippen LogP contribution in [0.25, 0.3) is 55.7 Å². The molecule has 2 heterocycles. The van der Waals surface area contributed by atoms with E-state index in [4.69, 9.17) is 8.83 Å². The smallest absolute Gasteiger partial charge is 0.197 e. The van der Waals surface area contributed by atoms with Gasteiger partial charge >= 0.3 is 0 Å². The van der Waals surface area contributed by atoms with Crippen LogP contribution in [0.15, 0.2) is 85.2 Å². The highest BCUT2D eigenvalue weighted by Gasteiger charge is 2.22. The van der Waals surface area contributed by atoms with Gasteiger partial charge in [0.15, 0.2) is 27.9 Å². The van der Waals surface area contributed by atoms with E-state index in [1.165, 1.54) is 30.3 Å². The summed E-state index contributed by atoms with van der Waals surface area (Å²) >= 11 is 0. The van der Waals surface area contributed by atoms with Gasteiger partial charge in [-0.1, -0.05) is 0 Å². The molecular formula is C30H18O11. The lowest BCUT2D eigenvalue weighted by atomic mass is 9.97. The molecule has 0 fully saturated rings. The molecule has 4 aromatic carbocycles. The highest BCUT2D eigenvalue weighted by atomic mass is 16.3. The topological polar surface area (TPSA) is 202 Å². The Bertz CT molecular complexity index is 2170. The first-order chi connectivity index (χ1) is 19.5. The van der Waals surface area contributed by atoms with Crippen molar-refractivity contribution in [3.05, 3.63) is 87.2 Å². The minimum atomic E-state index is -0.687. The van der Waals surface area contributed by atoms with Crippen molar-refractivity contribution in [2.75, 3.05) is 0 Å². The first-order valence-corrected chi connectivity index (χ1v) is 11.9. The standard InChI is InChI=1S/C30H18O11/c31-15-4-13(25-10-22(38)28-19(35)7-16(32)8-26(28)40-25)3-14(5-15)27-20(36)9-21(37)29-23(39)11-24(41-30(27)29)12-1-2-17(33)18(34)6-12/h1-11,31-37H. The minimum absolute atomic E-state index is 0.0612. The van der Waals surface area contributed by atoms with Crippen molar-refractivity contribution in [3.63, 3.8) is 0 Å². The zero-order valence-corrected chi connectivity index (χ0v) is 20.6. The van der Waals surface area contributed by atoms with E-state index >= 15 is 0 Å². The van der Waals surface area contributed by atoms with Crippen molar-refractivity contribution in [1.82, 2.24) is 0 Å². The summed E-state index contributed by atoms with van der Waals surface area (Å²) in [4.78, 5) is 25.8. The third-order valence-corrected chi connectivity index (χ3v) is 6.51. The maximum atomic E-state index is 13.1. The molecule has 0 amide bonds. The first-order valence-electron chi connectivity index (χ1n) is 11.9. The summed E-state index contributed by atoms with van der Waals surface area (Å²) in [5.74, 6) is -3.25. The van der Waals surface area contributed by atoms with Crippen LogP contribution >= 0.6 is 0 Å². The number of hydrogen-bond acceptors (Lipinski definition) is 11. The molecule has 6 rings (SSSR count). The van der Waals surface area contributed by atoms with Crippen LogP contribution in [0.2, 0.25) is 0 Å². The van der Waals surface area contributed by atoms with Crippen LogP contribution in [0.1, 0.15) is 0 Å². The molecular weight excluding hydrogens is 536 g/mol. The Balaban J connectivity index is 1.61. The fourth-order valence-electron chi connectivity index (χ4n) is 4.69. The van der Waals surface area contributed by atoms with Crippen LogP contribution in [-0.4, -0.2) is 35.7 Å². The van der Waals surface area contributed by atoms with E-state index in [1.54, 1.807) is 0 Å². The molecule has 11 nitrogen and oxygen atoms in total. The molecule has 0 aliphatic rings. The van der Waals surface area contributed by atoms with Crippen LogP contribution in [0.3, 0.4) is 0 Å². The normalized spacial score (nSPS) is 11.3. The molecule has 0 spiro atoms. The molecule has 7 N–H and O–H groups in total. The third-order valence-electron chi connectivity index (χ3n) is 6.51.